The Hall–Kier alpha value is -2.54. The zero-order valence-electron chi connectivity index (χ0n) is 12.2. The monoisotopic (exact) mass is 273 g/mol. The molecule has 1 N–H and O–H groups in total. The third-order valence-corrected chi connectivity index (χ3v) is 3.70. The molecular weight excluding hydrogens is 254 g/mol. The van der Waals surface area contributed by atoms with Crippen molar-refractivity contribution in [3.05, 3.63) is 95.3 Å². The SMILES string of the molecule is Cc1ccc(C2=CCc3ccccc3/C=C\NC=C2)cc1. The van der Waals surface area contributed by atoms with Crippen molar-refractivity contribution in [1.29, 1.82) is 0 Å². The van der Waals surface area contributed by atoms with Crippen molar-refractivity contribution in [2.24, 2.45) is 0 Å². The van der Waals surface area contributed by atoms with E-state index in [1.54, 1.807) is 0 Å². The molecule has 2 aromatic carbocycles. The fraction of sp³-hybridized carbons (Fsp3) is 0.100. The Bertz CT molecular complexity index is 703. The van der Waals surface area contributed by atoms with Gasteiger partial charge in [0.1, 0.15) is 0 Å². The van der Waals surface area contributed by atoms with E-state index < -0.39 is 0 Å². The number of benzene rings is 2. The lowest BCUT2D eigenvalue weighted by atomic mass is 9.99. The first-order valence-electron chi connectivity index (χ1n) is 7.27. The maximum Gasteiger partial charge on any atom is 0.00105 e. The second kappa shape index (κ2) is 6.27. The quantitative estimate of drug-likeness (QED) is 0.793. The van der Waals surface area contributed by atoms with Crippen LogP contribution in [0.15, 0.2) is 73.1 Å². The summed E-state index contributed by atoms with van der Waals surface area (Å²) in [7, 11) is 0. The standard InChI is InChI=1S/C20H19N/c1-16-6-8-19(9-7-16)20-11-10-17-4-2-3-5-18(17)12-14-21-15-13-20/h2-9,11-15,21H,10H2,1H3/b14-12-,15-13?,20-11?. The van der Waals surface area contributed by atoms with Crippen molar-refractivity contribution in [3.8, 4) is 0 Å². The van der Waals surface area contributed by atoms with Gasteiger partial charge >= 0.3 is 0 Å². The van der Waals surface area contributed by atoms with Gasteiger partial charge in [-0.25, -0.2) is 0 Å². The number of allylic oxidation sites excluding steroid dienone is 3. The molecule has 0 unspecified atom stereocenters. The zero-order chi connectivity index (χ0) is 14.5. The Morgan fingerprint density at radius 1 is 0.857 bits per heavy atom. The maximum atomic E-state index is 3.21. The molecule has 1 nitrogen and oxygen atoms in total. The van der Waals surface area contributed by atoms with Gasteiger partial charge in [0.2, 0.25) is 0 Å². The molecule has 0 radical (unpaired) electrons. The fourth-order valence-electron chi connectivity index (χ4n) is 2.46. The highest BCUT2D eigenvalue weighted by molar-refractivity contribution is 5.74. The van der Waals surface area contributed by atoms with Crippen LogP contribution in [0.2, 0.25) is 0 Å². The number of hydrogen-bond donors (Lipinski definition) is 1. The van der Waals surface area contributed by atoms with E-state index >= 15 is 0 Å². The molecule has 0 fully saturated rings. The number of aryl methyl sites for hydroxylation is 1. The van der Waals surface area contributed by atoms with Crippen molar-refractivity contribution >= 4 is 11.6 Å². The number of fused-ring (bicyclic) bond motifs is 1. The summed E-state index contributed by atoms with van der Waals surface area (Å²) in [5.41, 5.74) is 6.39. The Kier molecular flexibility index (Phi) is 4.02. The Morgan fingerprint density at radius 2 is 1.62 bits per heavy atom. The summed E-state index contributed by atoms with van der Waals surface area (Å²) in [5.74, 6) is 0. The van der Waals surface area contributed by atoms with Gasteiger partial charge < -0.3 is 5.32 Å². The summed E-state index contributed by atoms with van der Waals surface area (Å²) in [5, 5.41) is 3.21. The molecule has 1 heteroatoms. The van der Waals surface area contributed by atoms with E-state index in [4.69, 9.17) is 0 Å². The normalized spacial score (nSPS) is 15.6. The average Bonchev–Trinajstić information content (AvgIpc) is 2.53. The van der Waals surface area contributed by atoms with Crippen LogP contribution in [0.25, 0.3) is 11.6 Å². The van der Waals surface area contributed by atoms with Crippen LogP contribution in [-0.4, -0.2) is 0 Å². The highest BCUT2D eigenvalue weighted by Crippen LogP contribution is 2.20. The van der Waals surface area contributed by atoms with Crippen LogP contribution in [0.5, 0.6) is 0 Å². The Balaban J connectivity index is 1.98. The summed E-state index contributed by atoms with van der Waals surface area (Å²) in [4.78, 5) is 0. The van der Waals surface area contributed by atoms with Crippen LogP contribution in [0.3, 0.4) is 0 Å². The first-order chi connectivity index (χ1) is 10.3. The highest BCUT2D eigenvalue weighted by Gasteiger charge is 2.01. The van der Waals surface area contributed by atoms with Gasteiger partial charge in [-0.1, -0.05) is 60.2 Å². The summed E-state index contributed by atoms with van der Waals surface area (Å²) in [6.07, 6.45) is 11.4. The minimum atomic E-state index is 0.939. The molecule has 0 spiro atoms. The topological polar surface area (TPSA) is 12.0 Å². The summed E-state index contributed by atoms with van der Waals surface area (Å²) in [6.45, 7) is 2.12. The lowest BCUT2D eigenvalue weighted by molar-refractivity contribution is 1.19. The molecule has 0 atom stereocenters. The van der Waals surface area contributed by atoms with Crippen LogP contribution in [-0.2, 0) is 6.42 Å². The molecule has 0 aliphatic carbocycles. The minimum absolute atomic E-state index is 0.939. The largest absolute Gasteiger partial charge is 0.368 e. The molecule has 3 rings (SSSR count). The minimum Gasteiger partial charge on any atom is -0.368 e. The third-order valence-electron chi connectivity index (χ3n) is 3.70. The van der Waals surface area contributed by atoms with E-state index in [1.807, 2.05) is 12.4 Å². The van der Waals surface area contributed by atoms with Gasteiger partial charge in [0.05, 0.1) is 0 Å². The average molecular weight is 273 g/mol. The fourth-order valence-corrected chi connectivity index (χ4v) is 2.46. The van der Waals surface area contributed by atoms with Gasteiger partial charge in [0.25, 0.3) is 0 Å². The van der Waals surface area contributed by atoms with Gasteiger partial charge in [0.15, 0.2) is 0 Å². The van der Waals surface area contributed by atoms with Crippen molar-refractivity contribution < 1.29 is 0 Å². The molecule has 2 aromatic rings. The first-order valence-corrected chi connectivity index (χ1v) is 7.27. The van der Waals surface area contributed by atoms with Gasteiger partial charge in [-0.2, -0.15) is 0 Å². The summed E-state index contributed by atoms with van der Waals surface area (Å²) < 4.78 is 0. The molecular formula is C20H19N. The van der Waals surface area contributed by atoms with Gasteiger partial charge in [-0.3, -0.25) is 0 Å². The Labute approximate surface area is 126 Å². The van der Waals surface area contributed by atoms with Crippen molar-refractivity contribution in [2.45, 2.75) is 13.3 Å². The molecule has 104 valence electrons. The number of nitrogens with one attached hydrogen (secondary N) is 1. The summed E-state index contributed by atoms with van der Waals surface area (Å²) in [6, 6.07) is 17.2. The molecule has 0 aromatic heterocycles. The van der Waals surface area contributed by atoms with Crippen molar-refractivity contribution in [1.82, 2.24) is 5.32 Å². The van der Waals surface area contributed by atoms with E-state index in [9.17, 15) is 0 Å². The first kappa shape index (κ1) is 13.4. The van der Waals surface area contributed by atoms with Crippen LogP contribution in [0.4, 0.5) is 0 Å². The molecule has 1 aliphatic heterocycles. The molecule has 0 amide bonds. The second-order valence-electron chi connectivity index (χ2n) is 5.26. The predicted molar refractivity (Wildman–Crippen MR) is 90.6 cm³/mol. The maximum absolute atomic E-state index is 3.21. The van der Waals surface area contributed by atoms with E-state index in [0.717, 1.165) is 6.42 Å². The lowest BCUT2D eigenvalue weighted by Gasteiger charge is -2.08. The molecule has 1 heterocycles. The Morgan fingerprint density at radius 3 is 2.48 bits per heavy atom. The number of hydrogen-bond acceptors (Lipinski definition) is 1. The molecule has 21 heavy (non-hydrogen) atoms. The van der Waals surface area contributed by atoms with Crippen LogP contribution in [0, 0.1) is 6.92 Å². The van der Waals surface area contributed by atoms with Crippen molar-refractivity contribution in [3.63, 3.8) is 0 Å². The third kappa shape index (κ3) is 3.32. The van der Waals surface area contributed by atoms with Crippen LogP contribution < -0.4 is 5.32 Å². The summed E-state index contributed by atoms with van der Waals surface area (Å²) >= 11 is 0. The van der Waals surface area contributed by atoms with Gasteiger partial charge in [-0.05, 0) is 47.8 Å². The number of rotatable bonds is 1. The predicted octanol–water partition coefficient (Wildman–Crippen LogP) is 4.71. The van der Waals surface area contributed by atoms with Crippen LogP contribution >= 0.6 is 0 Å². The smallest absolute Gasteiger partial charge is 0.00105 e. The van der Waals surface area contributed by atoms with Crippen LogP contribution in [0.1, 0.15) is 22.3 Å². The van der Waals surface area contributed by atoms with E-state index in [-0.39, 0.29) is 0 Å². The zero-order valence-corrected chi connectivity index (χ0v) is 12.2. The molecule has 0 saturated carbocycles. The van der Waals surface area contributed by atoms with Gasteiger partial charge in [0, 0.05) is 12.4 Å². The molecule has 1 aliphatic rings. The van der Waals surface area contributed by atoms with E-state index in [2.05, 4.69) is 79.0 Å². The molecule has 0 bridgehead atoms. The van der Waals surface area contributed by atoms with E-state index in [1.165, 1.54) is 27.8 Å². The second-order valence-corrected chi connectivity index (χ2v) is 5.26. The van der Waals surface area contributed by atoms with E-state index in [0.29, 0.717) is 0 Å². The highest BCUT2D eigenvalue weighted by atomic mass is 14.8. The van der Waals surface area contributed by atoms with Crippen molar-refractivity contribution in [2.75, 3.05) is 0 Å². The van der Waals surface area contributed by atoms with Gasteiger partial charge in [-0.15, -0.1) is 0 Å². The lowest BCUT2D eigenvalue weighted by Crippen LogP contribution is -1.96. The molecule has 0 saturated heterocycles.